The smallest absolute Gasteiger partial charge is 0.270 e. The Kier molecular flexibility index (Phi) is 5.19. The van der Waals surface area contributed by atoms with Gasteiger partial charge in [0.2, 0.25) is 0 Å². The lowest BCUT2D eigenvalue weighted by Crippen LogP contribution is -2.39. The summed E-state index contributed by atoms with van der Waals surface area (Å²) < 4.78 is 1.15. The van der Waals surface area contributed by atoms with Gasteiger partial charge in [-0.15, -0.1) is 11.3 Å². The van der Waals surface area contributed by atoms with Crippen LogP contribution in [0.25, 0.3) is 10.2 Å². The van der Waals surface area contributed by atoms with E-state index in [0.717, 1.165) is 28.1 Å². The van der Waals surface area contributed by atoms with Gasteiger partial charge in [-0.2, -0.15) is 0 Å². The van der Waals surface area contributed by atoms with Crippen LogP contribution >= 0.6 is 11.3 Å². The molecule has 1 atom stereocenters. The fourth-order valence-corrected chi connectivity index (χ4v) is 4.89. The summed E-state index contributed by atoms with van der Waals surface area (Å²) in [5, 5.41) is 12.3. The van der Waals surface area contributed by atoms with Gasteiger partial charge >= 0.3 is 0 Å². The minimum Gasteiger partial charge on any atom is -0.377 e. The van der Waals surface area contributed by atoms with E-state index in [1.165, 1.54) is 12.1 Å². The Morgan fingerprint density at radius 1 is 1.28 bits per heavy atom. The number of thiazole rings is 1. The van der Waals surface area contributed by atoms with Gasteiger partial charge in [-0.05, 0) is 31.0 Å². The number of carbonyl (C=O) groups is 1. The van der Waals surface area contributed by atoms with Crippen molar-refractivity contribution in [3.63, 3.8) is 0 Å². The molecule has 8 heteroatoms. The summed E-state index contributed by atoms with van der Waals surface area (Å²) in [7, 11) is 3.66. The van der Waals surface area contributed by atoms with Gasteiger partial charge in [-0.25, -0.2) is 4.98 Å². The molecule has 0 aliphatic carbocycles. The van der Waals surface area contributed by atoms with E-state index < -0.39 is 4.92 Å². The molecule has 1 amide bonds. The third kappa shape index (κ3) is 3.80. The average molecular weight is 410 g/mol. The van der Waals surface area contributed by atoms with Crippen LogP contribution in [0, 0.1) is 10.1 Å². The third-order valence-corrected chi connectivity index (χ3v) is 6.47. The third-order valence-electron chi connectivity index (χ3n) is 5.27. The molecule has 1 unspecified atom stereocenters. The number of anilines is 1. The van der Waals surface area contributed by atoms with Crippen LogP contribution in [0.5, 0.6) is 0 Å². The number of para-hydroxylation sites is 1. The van der Waals surface area contributed by atoms with Crippen molar-refractivity contribution in [2.75, 3.05) is 32.1 Å². The number of rotatable bonds is 4. The lowest BCUT2D eigenvalue weighted by Gasteiger charge is -2.32. The molecule has 2 aromatic carbocycles. The Bertz CT molecular complexity index is 1050. The molecule has 150 valence electrons. The predicted molar refractivity (Wildman–Crippen MR) is 115 cm³/mol. The zero-order chi connectivity index (χ0) is 20.5. The van der Waals surface area contributed by atoms with E-state index in [0.29, 0.717) is 24.3 Å². The first-order valence-corrected chi connectivity index (χ1v) is 10.4. The quantitative estimate of drug-likeness (QED) is 0.473. The maximum Gasteiger partial charge on any atom is 0.270 e. The highest BCUT2D eigenvalue weighted by atomic mass is 32.1. The van der Waals surface area contributed by atoms with Gasteiger partial charge < -0.3 is 9.80 Å². The Morgan fingerprint density at radius 3 is 2.79 bits per heavy atom. The number of carbonyl (C=O) groups excluding carboxylic acids is 1. The SMILES string of the molecule is CN(C)c1ccc([N+](=O)[O-])cc1C(=O)N1CCCC(c2nc3ccccc3s2)C1. The van der Waals surface area contributed by atoms with Crippen LogP contribution in [0.3, 0.4) is 0 Å². The number of nitro benzene ring substituents is 1. The minimum atomic E-state index is -0.462. The van der Waals surface area contributed by atoms with E-state index in [-0.39, 0.29) is 17.5 Å². The monoisotopic (exact) mass is 410 g/mol. The van der Waals surface area contributed by atoms with Crippen molar-refractivity contribution in [1.29, 1.82) is 0 Å². The van der Waals surface area contributed by atoms with Crippen molar-refractivity contribution in [3.8, 4) is 0 Å². The van der Waals surface area contributed by atoms with Crippen LogP contribution in [-0.2, 0) is 0 Å². The highest BCUT2D eigenvalue weighted by molar-refractivity contribution is 7.18. The average Bonchev–Trinajstić information content (AvgIpc) is 3.17. The van der Waals surface area contributed by atoms with E-state index >= 15 is 0 Å². The Morgan fingerprint density at radius 2 is 2.07 bits per heavy atom. The molecular formula is C21H22N4O3S. The summed E-state index contributed by atoms with van der Waals surface area (Å²) in [6, 6.07) is 12.5. The fraction of sp³-hybridized carbons (Fsp3) is 0.333. The largest absolute Gasteiger partial charge is 0.377 e. The number of nitrogens with zero attached hydrogens (tertiary/aromatic N) is 4. The van der Waals surface area contributed by atoms with Gasteiger partial charge in [0.05, 0.1) is 25.7 Å². The first-order valence-electron chi connectivity index (χ1n) is 9.54. The zero-order valence-electron chi connectivity index (χ0n) is 16.4. The van der Waals surface area contributed by atoms with Gasteiger partial charge in [0, 0.05) is 50.9 Å². The molecule has 2 heterocycles. The van der Waals surface area contributed by atoms with Crippen molar-refractivity contribution in [3.05, 3.63) is 63.1 Å². The number of hydrogen-bond donors (Lipinski definition) is 0. The van der Waals surface area contributed by atoms with Crippen LogP contribution in [0.15, 0.2) is 42.5 Å². The van der Waals surface area contributed by atoms with Gasteiger partial charge in [0.1, 0.15) is 0 Å². The highest BCUT2D eigenvalue weighted by Crippen LogP contribution is 2.34. The Labute approximate surface area is 172 Å². The lowest BCUT2D eigenvalue weighted by molar-refractivity contribution is -0.384. The normalized spacial score (nSPS) is 16.8. The van der Waals surface area contributed by atoms with Crippen molar-refractivity contribution in [2.24, 2.45) is 0 Å². The molecule has 1 saturated heterocycles. The van der Waals surface area contributed by atoms with Crippen LogP contribution in [0.4, 0.5) is 11.4 Å². The van der Waals surface area contributed by atoms with Crippen molar-refractivity contribution in [1.82, 2.24) is 9.88 Å². The molecule has 1 aliphatic heterocycles. The summed E-state index contributed by atoms with van der Waals surface area (Å²) in [6.07, 6.45) is 1.87. The van der Waals surface area contributed by atoms with E-state index in [1.807, 2.05) is 42.1 Å². The first-order chi connectivity index (χ1) is 13.9. The molecular weight excluding hydrogens is 388 g/mol. The number of nitro groups is 1. The summed E-state index contributed by atoms with van der Waals surface area (Å²) in [4.78, 5) is 32.5. The summed E-state index contributed by atoms with van der Waals surface area (Å²) in [6.45, 7) is 1.23. The summed E-state index contributed by atoms with van der Waals surface area (Å²) in [5.41, 5.74) is 1.97. The van der Waals surface area contributed by atoms with Crippen molar-refractivity contribution < 1.29 is 9.72 Å². The number of amides is 1. The second-order valence-corrected chi connectivity index (χ2v) is 8.53. The molecule has 0 N–H and O–H groups in total. The number of fused-ring (bicyclic) bond motifs is 1. The van der Waals surface area contributed by atoms with Crippen molar-refractivity contribution >= 4 is 38.8 Å². The highest BCUT2D eigenvalue weighted by Gasteiger charge is 2.29. The molecule has 1 aromatic heterocycles. The van der Waals surface area contributed by atoms with E-state index in [1.54, 1.807) is 17.4 Å². The Balaban J connectivity index is 1.62. The van der Waals surface area contributed by atoms with Gasteiger partial charge in [0.25, 0.3) is 11.6 Å². The number of hydrogen-bond acceptors (Lipinski definition) is 6. The molecule has 0 bridgehead atoms. The molecule has 1 aliphatic rings. The number of non-ortho nitro benzene ring substituents is 1. The Hall–Kier alpha value is -3.00. The van der Waals surface area contributed by atoms with Crippen LogP contribution in [0.1, 0.15) is 34.1 Å². The number of likely N-dealkylation sites (tertiary alicyclic amines) is 1. The van der Waals surface area contributed by atoms with Crippen LogP contribution < -0.4 is 4.90 Å². The molecule has 0 radical (unpaired) electrons. The van der Waals surface area contributed by atoms with E-state index in [9.17, 15) is 14.9 Å². The maximum absolute atomic E-state index is 13.3. The molecule has 1 fully saturated rings. The predicted octanol–water partition coefficient (Wildman–Crippen LogP) is 4.29. The van der Waals surface area contributed by atoms with Gasteiger partial charge in [-0.1, -0.05) is 12.1 Å². The summed E-state index contributed by atoms with van der Waals surface area (Å²) >= 11 is 1.68. The summed E-state index contributed by atoms with van der Waals surface area (Å²) in [5.74, 6) is 0.0230. The van der Waals surface area contributed by atoms with Crippen LogP contribution in [0.2, 0.25) is 0 Å². The lowest BCUT2D eigenvalue weighted by atomic mass is 9.97. The van der Waals surface area contributed by atoms with Crippen LogP contribution in [-0.4, -0.2) is 47.9 Å². The molecule has 0 saturated carbocycles. The number of aromatic nitrogens is 1. The fourth-order valence-electron chi connectivity index (χ4n) is 3.80. The topological polar surface area (TPSA) is 79.6 Å². The number of piperidine rings is 1. The van der Waals surface area contributed by atoms with Gasteiger partial charge in [0.15, 0.2) is 0 Å². The minimum absolute atomic E-state index is 0.0707. The number of benzene rings is 2. The van der Waals surface area contributed by atoms with Gasteiger partial charge in [-0.3, -0.25) is 14.9 Å². The second kappa shape index (κ2) is 7.79. The van der Waals surface area contributed by atoms with E-state index in [4.69, 9.17) is 4.98 Å². The van der Waals surface area contributed by atoms with E-state index in [2.05, 4.69) is 6.07 Å². The molecule has 4 rings (SSSR count). The maximum atomic E-state index is 13.3. The second-order valence-electron chi connectivity index (χ2n) is 7.46. The molecule has 7 nitrogen and oxygen atoms in total. The standard InChI is InChI=1S/C21H22N4O3S/c1-23(2)18-10-9-15(25(27)28)12-16(18)21(26)24-11-5-6-14(13-24)20-22-17-7-3-4-8-19(17)29-20/h3-4,7-10,12,14H,5-6,11,13H2,1-2H3. The zero-order valence-corrected chi connectivity index (χ0v) is 17.2. The first kappa shape index (κ1) is 19.3. The molecule has 3 aromatic rings. The molecule has 29 heavy (non-hydrogen) atoms. The van der Waals surface area contributed by atoms with Crippen molar-refractivity contribution in [2.45, 2.75) is 18.8 Å². The molecule has 0 spiro atoms.